The highest BCUT2D eigenvalue weighted by atomic mass is 16.5. The van der Waals surface area contributed by atoms with E-state index in [2.05, 4.69) is 25.8 Å². The van der Waals surface area contributed by atoms with Crippen molar-refractivity contribution in [3.05, 3.63) is 60.7 Å². The Labute approximate surface area is 192 Å². The number of anilines is 1. The third-order valence-corrected chi connectivity index (χ3v) is 5.72. The van der Waals surface area contributed by atoms with Gasteiger partial charge < -0.3 is 20.1 Å². The fourth-order valence-electron chi connectivity index (χ4n) is 3.86. The first kappa shape index (κ1) is 22.4. The maximum absolute atomic E-state index is 13.1. The number of urea groups is 1. The van der Waals surface area contributed by atoms with Gasteiger partial charge in [0.1, 0.15) is 6.04 Å². The molecule has 1 saturated heterocycles. The Balaban J connectivity index is 1.40. The zero-order valence-corrected chi connectivity index (χ0v) is 18.8. The summed E-state index contributed by atoms with van der Waals surface area (Å²) in [7, 11) is 0. The summed E-state index contributed by atoms with van der Waals surface area (Å²) in [6.45, 7) is 4.96. The first-order valence-corrected chi connectivity index (χ1v) is 11.2. The Kier molecular flexibility index (Phi) is 6.97. The number of amides is 3. The maximum Gasteiger partial charge on any atom is 0.321 e. The molecule has 1 aliphatic heterocycles. The van der Waals surface area contributed by atoms with Crippen LogP contribution in [0.4, 0.5) is 10.5 Å². The second-order valence-corrected chi connectivity index (χ2v) is 8.50. The minimum atomic E-state index is -0.422. The molecular formula is C24H28N6O3. The smallest absolute Gasteiger partial charge is 0.321 e. The number of hydrogen-bond donors (Lipinski definition) is 2. The normalized spacial score (nSPS) is 16.9. The summed E-state index contributed by atoms with van der Waals surface area (Å²) in [4.78, 5) is 36.0. The number of rotatable bonds is 6. The number of hydrogen-bond acceptors (Lipinski definition) is 6. The third-order valence-electron chi connectivity index (χ3n) is 5.72. The van der Waals surface area contributed by atoms with Crippen LogP contribution in [0.1, 0.15) is 38.6 Å². The fourth-order valence-corrected chi connectivity index (χ4v) is 3.86. The minimum absolute atomic E-state index is 0.0424. The largest absolute Gasteiger partial charge is 0.344 e. The van der Waals surface area contributed by atoms with Gasteiger partial charge in [0.05, 0.1) is 5.92 Å². The standard InChI is InChI=1S/C24H28N6O3/c1-16(2)20(23-28-21(29-33-23)17-10-12-25-13-11-17)27-22(31)18-7-6-14-30(15-18)24(32)26-19-8-4-3-5-9-19/h3-5,8-13,16,18,20H,6-7,14-15H2,1-2H3,(H,26,32)(H,27,31). The van der Waals surface area contributed by atoms with Gasteiger partial charge in [0.25, 0.3) is 0 Å². The van der Waals surface area contributed by atoms with Crippen LogP contribution in [0.5, 0.6) is 0 Å². The highest BCUT2D eigenvalue weighted by molar-refractivity contribution is 5.90. The first-order chi connectivity index (χ1) is 16.0. The number of para-hydroxylation sites is 1. The van der Waals surface area contributed by atoms with Crippen molar-refractivity contribution in [2.75, 3.05) is 18.4 Å². The molecule has 0 saturated carbocycles. The number of likely N-dealkylation sites (tertiary alicyclic amines) is 1. The first-order valence-electron chi connectivity index (χ1n) is 11.2. The molecule has 4 rings (SSSR count). The van der Waals surface area contributed by atoms with E-state index < -0.39 is 6.04 Å². The minimum Gasteiger partial charge on any atom is -0.344 e. The van der Waals surface area contributed by atoms with Gasteiger partial charge >= 0.3 is 6.03 Å². The number of carbonyl (C=O) groups excluding carboxylic acids is 2. The Morgan fingerprint density at radius 3 is 2.61 bits per heavy atom. The van der Waals surface area contributed by atoms with Crippen LogP contribution in [0.25, 0.3) is 11.4 Å². The highest BCUT2D eigenvalue weighted by Gasteiger charge is 2.32. The number of piperidine rings is 1. The summed E-state index contributed by atoms with van der Waals surface area (Å²) in [5.74, 6) is 0.438. The molecule has 0 aliphatic carbocycles. The van der Waals surface area contributed by atoms with Gasteiger partial charge in [0, 0.05) is 36.7 Å². The van der Waals surface area contributed by atoms with Gasteiger partial charge in [-0.05, 0) is 43.0 Å². The molecule has 3 aromatic rings. The van der Waals surface area contributed by atoms with Crippen molar-refractivity contribution < 1.29 is 14.1 Å². The van der Waals surface area contributed by atoms with Crippen molar-refractivity contribution >= 4 is 17.6 Å². The quantitative estimate of drug-likeness (QED) is 0.591. The predicted molar refractivity (Wildman–Crippen MR) is 123 cm³/mol. The van der Waals surface area contributed by atoms with Crippen molar-refractivity contribution in [1.82, 2.24) is 25.3 Å². The Bertz CT molecular complexity index is 1070. The molecule has 1 fully saturated rings. The molecule has 2 N–H and O–H groups in total. The maximum atomic E-state index is 13.1. The van der Waals surface area contributed by atoms with Gasteiger partial charge in [-0.15, -0.1) is 0 Å². The van der Waals surface area contributed by atoms with E-state index in [9.17, 15) is 9.59 Å². The van der Waals surface area contributed by atoms with Gasteiger partial charge in [0.2, 0.25) is 17.6 Å². The van der Waals surface area contributed by atoms with Gasteiger partial charge in [-0.3, -0.25) is 9.78 Å². The molecule has 2 unspecified atom stereocenters. The van der Waals surface area contributed by atoms with E-state index in [0.717, 1.165) is 24.1 Å². The number of pyridine rings is 1. The molecule has 33 heavy (non-hydrogen) atoms. The van der Waals surface area contributed by atoms with E-state index in [4.69, 9.17) is 4.52 Å². The van der Waals surface area contributed by atoms with E-state index in [1.54, 1.807) is 29.4 Å². The molecule has 0 spiro atoms. The van der Waals surface area contributed by atoms with E-state index in [-0.39, 0.29) is 23.8 Å². The number of nitrogens with one attached hydrogen (secondary N) is 2. The zero-order valence-electron chi connectivity index (χ0n) is 18.8. The van der Waals surface area contributed by atoms with E-state index >= 15 is 0 Å². The lowest BCUT2D eigenvalue weighted by atomic mass is 9.95. The summed E-state index contributed by atoms with van der Waals surface area (Å²) in [5, 5.41) is 10.0. The van der Waals surface area contributed by atoms with Crippen LogP contribution in [0, 0.1) is 11.8 Å². The molecule has 3 heterocycles. The molecule has 0 bridgehead atoms. The number of carbonyl (C=O) groups is 2. The lowest BCUT2D eigenvalue weighted by molar-refractivity contribution is -0.127. The van der Waals surface area contributed by atoms with Crippen molar-refractivity contribution in [2.45, 2.75) is 32.7 Å². The molecule has 0 radical (unpaired) electrons. The SMILES string of the molecule is CC(C)C(NC(=O)C1CCCN(C(=O)Nc2ccccc2)C1)c1nc(-c2ccncc2)no1. The van der Waals surface area contributed by atoms with Crippen molar-refractivity contribution in [3.63, 3.8) is 0 Å². The number of aromatic nitrogens is 3. The van der Waals surface area contributed by atoms with Crippen LogP contribution in [-0.2, 0) is 4.79 Å². The van der Waals surface area contributed by atoms with Crippen LogP contribution < -0.4 is 10.6 Å². The highest BCUT2D eigenvalue weighted by Crippen LogP contribution is 2.25. The Hall–Kier alpha value is -3.75. The summed E-state index contributed by atoms with van der Waals surface area (Å²) >= 11 is 0. The topological polar surface area (TPSA) is 113 Å². The van der Waals surface area contributed by atoms with Crippen LogP contribution in [0.2, 0.25) is 0 Å². The summed E-state index contributed by atoms with van der Waals surface area (Å²) < 4.78 is 5.49. The van der Waals surface area contributed by atoms with Gasteiger partial charge in [-0.2, -0.15) is 4.98 Å². The monoisotopic (exact) mass is 448 g/mol. The summed E-state index contributed by atoms with van der Waals surface area (Å²) in [5.41, 5.74) is 1.52. The molecule has 1 aromatic carbocycles. The third kappa shape index (κ3) is 5.54. The van der Waals surface area contributed by atoms with E-state index in [1.165, 1.54) is 0 Å². The summed E-state index contributed by atoms with van der Waals surface area (Å²) in [6, 6.07) is 12.3. The van der Waals surface area contributed by atoms with Crippen LogP contribution in [0.15, 0.2) is 59.4 Å². The van der Waals surface area contributed by atoms with Crippen LogP contribution in [0.3, 0.4) is 0 Å². The predicted octanol–water partition coefficient (Wildman–Crippen LogP) is 3.89. The Morgan fingerprint density at radius 1 is 1.12 bits per heavy atom. The van der Waals surface area contributed by atoms with Gasteiger partial charge in [0.15, 0.2) is 0 Å². The summed E-state index contributed by atoms with van der Waals surface area (Å²) in [6.07, 6.45) is 4.81. The molecule has 3 amide bonds. The van der Waals surface area contributed by atoms with Gasteiger partial charge in [-0.25, -0.2) is 4.79 Å². The molecule has 9 nitrogen and oxygen atoms in total. The number of nitrogens with zero attached hydrogens (tertiary/aromatic N) is 4. The van der Waals surface area contributed by atoms with Crippen molar-refractivity contribution in [3.8, 4) is 11.4 Å². The lowest BCUT2D eigenvalue weighted by Gasteiger charge is -2.33. The van der Waals surface area contributed by atoms with E-state index in [1.807, 2.05) is 44.2 Å². The van der Waals surface area contributed by atoms with Crippen LogP contribution in [-0.4, -0.2) is 45.1 Å². The zero-order chi connectivity index (χ0) is 23.2. The molecule has 2 aromatic heterocycles. The molecule has 9 heteroatoms. The van der Waals surface area contributed by atoms with Crippen molar-refractivity contribution in [2.24, 2.45) is 11.8 Å². The Morgan fingerprint density at radius 2 is 1.88 bits per heavy atom. The lowest BCUT2D eigenvalue weighted by Crippen LogP contribution is -2.47. The van der Waals surface area contributed by atoms with E-state index in [0.29, 0.717) is 24.8 Å². The second kappa shape index (κ2) is 10.2. The number of benzene rings is 1. The van der Waals surface area contributed by atoms with Gasteiger partial charge in [-0.1, -0.05) is 37.2 Å². The average molecular weight is 449 g/mol. The fraction of sp³-hybridized carbons (Fsp3) is 0.375. The molecule has 1 aliphatic rings. The average Bonchev–Trinajstić information content (AvgIpc) is 3.33. The molecular weight excluding hydrogens is 420 g/mol. The molecule has 172 valence electrons. The van der Waals surface area contributed by atoms with Crippen LogP contribution >= 0.6 is 0 Å². The molecule has 2 atom stereocenters. The van der Waals surface area contributed by atoms with Crippen molar-refractivity contribution in [1.29, 1.82) is 0 Å². The second-order valence-electron chi connectivity index (χ2n) is 8.50.